The summed E-state index contributed by atoms with van der Waals surface area (Å²) in [6, 6.07) is 0.816. The second-order valence-corrected chi connectivity index (χ2v) is 4.26. The average Bonchev–Trinajstić information content (AvgIpc) is 2.42. The zero-order valence-corrected chi connectivity index (χ0v) is 10.8. The zero-order chi connectivity index (χ0) is 17.6. The smallest absolute Gasteiger partial charge is 0.430 e. The summed E-state index contributed by atoms with van der Waals surface area (Å²) in [6.07, 6.45) is -11.8. The lowest BCUT2D eigenvalue weighted by atomic mass is 9.98. The molecule has 1 aliphatic heterocycles. The molecule has 0 spiro atoms. The molecule has 1 aliphatic rings. The molecule has 0 N–H and O–H groups in total. The standard InChI is InChI=1S/C13H8F6O3/c1-21-12(20)8-3-5-2-6(14)4-7(11(15)16)9(5)22-10(8)13(17,18)19/h2-4,10-11H,1H3/t10-/m0/s1/i11D. The van der Waals surface area contributed by atoms with Gasteiger partial charge in [0.05, 0.1) is 18.2 Å². The molecule has 1 aromatic rings. The lowest BCUT2D eigenvalue weighted by Gasteiger charge is -2.28. The van der Waals surface area contributed by atoms with Crippen molar-refractivity contribution in [2.75, 3.05) is 7.11 Å². The van der Waals surface area contributed by atoms with E-state index in [0.717, 1.165) is 7.11 Å². The van der Waals surface area contributed by atoms with Crippen LogP contribution >= 0.6 is 0 Å². The van der Waals surface area contributed by atoms with Gasteiger partial charge in [0.25, 0.3) is 6.40 Å². The molecule has 0 unspecified atom stereocenters. The van der Waals surface area contributed by atoms with Crippen molar-refractivity contribution in [2.24, 2.45) is 0 Å². The Bertz CT molecular complexity index is 678. The Morgan fingerprint density at radius 1 is 1.41 bits per heavy atom. The van der Waals surface area contributed by atoms with Gasteiger partial charge in [-0.2, -0.15) is 13.2 Å². The van der Waals surface area contributed by atoms with Crippen LogP contribution in [0.4, 0.5) is 26.3 Å². The minimum absolute atomic E-state index is 0.205. The second kappa shape index (κ2) is 5.54. The second-order valence-electron chi connectivity index (χ2n) is 4.26. The Balaban J connectivity index is 2.70. The van der Waals surface area contributed by atoms with E-state index in [1.807, 2.05) is 0 Å². The number of ether oxygens (including phenoxy) is 2. The van der Waals surface area contributed by atoms with Gasteiger partial charge in [-0.3, -0.25) is 0 Å². The fourth-order valence-corrected chi connectivity index (χ4v) is 1.95. The summed E-state index contributed by atoms with van der Waals surface area (Å²) in [5, 5.41) is 0. The van der Waals surface area contributed by atoms with Crippen molar-refractivity contribution in [1.82, 2.24) is 0 Å². The van der Waals surface area contributed by atoms with Gasteiger partial charge in [0, 0.05) is 5.56 Å². The minimum Gasteiger partial charge on any atom is -0.475 e. The van der Waals surface area contributed by atoms with E-state index >= 15 is 0 Å². The number of alkyl halides is 5. The monoisotopic (exact) mass is 327 g/mol. The zero-order valence-electron chi connectivity index (χ0n) is 11.8. The Morgan fingerprint density at radius 3 is 2.55 bits per heavy atom. The van der Waals surface area contributed by atoms with E-state index in [1.54, 1.807) is 0 Å². The molecule has 9 heteroatoms. The number of carbonyl (C=O) groups is 1. The first kappa shape index (κ1) is 14.7. The quantitative estimate of drug-likeness (QED) is 0.614. The van der Waals surface area contributed by atoms with Crippen LogP contribution in [0, 0.1) is 5.82 Å². The Labute approximate surface area is 121 Å². The fraction of sp³-hybridized carbons (Fsp3) is 0.308. The van der Waals surface area contributed by atoms with Crippen LogP contribution in [0.1, 0.15) is 18.9 Å². The van der Waals surface area contributed by atoms with Crippen molar-refractivity contribution in [2.45, 2.75) is 18.7 Å². The van der Waals surface area contributed by atoms with E-state index < -0.39 is 52.9 Å². The number of fused-ring (bicyclic) bond motifs is 1. The molecule has 0 radical (unpaired) electrons. The van der Waals surface area contributed by atoms with Gasteiger partial charge in [-0.05, 0) is 18.2 Å². The molecular formula is C13H8F6O3. The van der Waals surface area contributed by atoms with Gasteiger partial charge < -0.3 is 9.47 Å². The average molecular weight is 327 g/mol. The number of hydrogen-bond donors (Lipinski definition) is 0. The van der Waals surface area contributed by atoms with Crippen LogP contribution in [-0.4, -0.2) is 25.4 Å². The number of methoxy groups -OCH3 is 1. The summed E-state index contributed by atoms with van der Waals surface area (Å²) in [7, 11) is 0.821. The molecule has 0 fully saturated rings. The molecule has 3 nitrogen and oxygen atoms in total. The highest BCUT2D eigenvalue weighted by Gasteiger charge is 2.49. The van der Waals surface area contributed by atoms with Crippen LogP contribution in [0.2, 0.25) is 0 Å². The molecule has 0 saturated heterocycles. The molecule has 0 saturated carbocycles. The van der Waals surface area contributed by atoms with Crippen molar-refractivity contribution in [1.29, 1.82) is 0 Å². The highest BCUT2D eigenvalue weighted by Crippen LogP contribution is 2.42. The molecule has 0 aromatic heterocycles. The van der Waals surface area contributed by atoms with Gasteiger partial charge in [-0.1, -0.05) is 0 Å². The van der Waals surface area contributed by atoms with E-state index in [0.29, 0.717) is 12.1 Å². The third kappa shape index (κ3) is 2.88. The summed E-state index contributed by atoms with van der Waals surface area (Å²) in [5.74, 6) is -3.64. The van der Waals surface area contributed by atoms with Crippen LogP contribution in [0.15, 0.2) is 17.7 Å². The molecule has 1 atom stereocenters. The van der Waals surface area contributed by atoms with E-state index in [2.05, 4.69) is 9.47 Å². The lowest BCUT2D eigenvalue weighted by Crippen LogP contribution is -2.41. The van der Waals surface area contributed by atoms with E-state index in [1.165, 1.54) is 0 Å². The molecule has 0 aliphatic carbocycles. The topological polar surface area (TPSA) is 35.5 Å². The molecule has 0 amide bonds. The maximum Gasteiger partial charge on any atom is 0.430 e. The normalized spacial score (nSPS) is 18.8. The van der Waals surface area contributed by atoms with Gasteiger partial charge in [-0.25, -0.2) is 18.0 Å². The van der Waals surface area contributed by atoms with E-state index in [4.69, 9.17) is 1.37 Å². The van der Waals surface area contributed by atoms with E-state index in [9.17, 15) is 31.1 Å². The predicted molar refractivity (Wildman–Crippen MR) is 61.8 cm³/mol. The molecule has 120 valence electrons. The number of hydrogen-bond acceptors (Lipinski definition) is 3. The summed E-state index contributed by atoms with van der Waals surface area (Å²) in [6.45, 7) is 0. The van der Waals surface area contributed by atoms with Crippen molar-refractivity contribution >= 4 is 12.0 Å². The third-order valence-electron chi connectivity index (χ3n) is 2.83. The molecule has 2 rings (SSSR count). The fourth-order valence-electron chi connectivity index (χ4n) is 1.95. The highest BCUT2D eigenvalue weighted by molar-refractivity contribution is 5.96. The van der Waals surface area contributed by atoms with Gasteiger partial charge in [-0.15, -0.1) is 0 Å². The van der Waals surface area contributed by atoms with Crippen LogP contribution in [-0.2, 0) is 9.53 Å². The van der Waals surface area contributed by atoms with Gasteiger partial charge in [0.2, 0.25) is 6.10 Å². The summed E-state index contributed by atoms with van der Waals surface area (Å²) >= 11 is 0. The van der Waals surface area contributed by atoms with Crippen LogP contribution in [0.3, 0.4) is 0 Å². The van der Waals surface area contributed by atoms with Crippen LogP contribution < -0.4 is 4.74 Å². The van der Waals surface area contributed by atoms with Crippen molar-refractivity contribution < 1.29 is 42.0 Å². The summed E-state index contributed by atoms with van der Waals surface area (Å²) in [4.78, 5) is 11.5. The summed E-state index contributed by atoms with van der Waals surface area (Å²) < 4.78 is 94.1. The summed E-state index contributed by atoms with van der Waals surface area (Å²) in [5.41, 5.74) is -2.91. The number of esters is 1. The number of benzene rings is 1. The third-order valence-corrected chi connectivity index (χ3v) is 2.83. The first-order valence-electron chi connectivity index (χ1n) is 6.20. The van der Waals surface area contributed by atoms with Gasteiger partial charge >= 0.3 is 12.1 Å². The molecular weight excluding hydrogens is 318 g/mol. The largest absolute Gasteiger partial charge is 0.475 e. The number of rotatable bonds is 2. The maximum atomic E-state index is 13.4. The number of carbonyl (C=O) groups excluding carboxylic acids is 1. The minimum atomic E-state index is -5.11. The van der Waals surface area contributed by atoms with Crippen molar-refractivity contribution in [3.05, 3.63) is 34.6 Å². The SMILES string of the molecule is [2H]C(F)(F)c1cc(F)cc2c1O[C@H](C(F)(F)F)C(C(=O)OC)=C2. The van der Waals surface area contributed by atoms with Gasteiger partial charge in [0.1, 0.15) is 12.9 Å². The molecule has 0 bridgehead atoms. The van der Waals surface area contributed by atoms with Gasteiger partial charge in [0.15, 0.2) is 0 Å². The highest BCUT2D eigenvalue weighted by atomic mass is 19.4. The first-order valence-corrected chi connectivity index (χ1v) is 5.70. The molecule has 1 aromatic carbocycles. The van der Waals surface area contributed by atoms with Crippen LogP contribution in [0.5, 0.6) is 5.75 Å². The predicted octanol–water partition coefficient (Wildman–Crippen LogP) is 3.64. The lowest BCUT2D eigenvalue weighted by molar-refractivity contribution is -0.187. The number of halogens is 6. The van der Waals surface area contributed by atoms with Crippen molar-refractivity contribution in [3.63, 3.8) is 0 Å². The molecule has 22 heavy (non-hydrogen) atoms. The molecule has 1 heterocycles. The van der Waals surface area contributed by atoms with Crippen molar-refractivity contribution in [3.8, 4) is 5.75 Å². The Morgan fingerprint density at radius 2 is 2.05 bits per heavy atom. The van der Waals surface area contributed by atoms with Crippen LogP contribution in [0.25, 0.3) is 6.08 Å². The van der Waals surface area contributed by atoms with E-state index in [-0.39, 0.29) is 6.07 Å². The Kier molecular flexibility index (Phi) is 3.71. The maximum absolute atomic E-state index is 13.4. The Hall–Kier alpha value is -2.19. The first-order chi connectivity index (χ1) is 10.4.